The van der Waals surface area contributed by atoms with Crippen molar-refractivity contribution in [3.05, 3.63) is 40.3 Å². The van der Waals surface area contributed by atoms with Gasteiger partial charge in [-0.1, -0.05) is 69.0 Å². The number of amides is 1. The number of methoxy groups -OCH3 is 1. The number of hydrogen-bond donors (Lipinski definition) is 0. The third-order valence-electron chi connectivity index (χ3n) is 3.47. The fourth-order valence-electron chi connectivity index (χ4n) is 2.11. The van der Waals surface area contributed by atoms with E-state index in [1.807, 2.05) is 18.2 Å². The van der Waals surface area contributed by atoms with Gasteiger partial charge in [-0.2, -0.15) is 0 Å². The molecule has 0 atom stereocenters. The predicted molar refractivity (Wildman–Crippen MR) is 96.9 cm³/mol. The van der Waals surface area contributed by atoms with Gasteiger partial charge in [0.2, 0.25) is 0 Å². The summed E-state index contributed by atoms with van der Waals surface area (Å²) >= 11 is 6.62. The molecule has 5 heteroatoms. The summed E-state index contributed by atoms with van der Waals surface area (Å²) in [6.45, 7) is 7.54. The smallest absolute Gasteiger partial charge is 0.266 e. The summed E-state index contributed by atoms with van der Waals surface area (Å²) in [5.74, 6) is -0.0352. The number of carbonyl (C=O) groups excluding carboxylic acids is 1. The van der Waals surface area contributed by atoms with E-state index < -0.39 is 0 Å². The molecule has 2 rings (SSSR count). The quantitative estimate of drug-likeness (QED) is 0.618. The van der Waals surface area contributed by atoms with E-state index in [1.54, 1.807) is 12.0 Å². The molecule has 0 aliphatic carbocycles. The molecule has 1 aromatic rings. The molecule has 1 saturated heterocycles. The molecule has 0 unspecified atom stereocenters. The third-order valence-corrected chi connectivity index (χ3v) is 4.84. The molecule has 0 aromatic heterocycles. The summed E-state index contributed by atoms with van der Waals surface area (Å²) in [5, 5.41) is 0. The van der Waals surface area contributed by atoms with Crippen LogP contribution in [0.15, 0.2) is 29.2 Å². The van der Waals surface area contributed by atoms with E-state index in [2.05, 4.69) is 32.9 Å². The van der Waals surface area contributed by atoms with E-state index in [1.165, 1.54) is 17.3 Å². The van der Waals surface area contributed by atoms with E-state index >= 15 is 0 Å². The fourth-order valence-corrected chi connectivity index (χ4v) is 3.41. The van der Waals surface area contributed by atoms with Gasteiger partial charge in [-0.15, -0.1) is 0 Å². The number of thiocarbonyl (C=S) groups is 1. The highest BCUT2D eigenvalue weighted by molar-refractivity contribution is 8.26. The highest BCUT2D eigenvalue weighted by Crippen LogP contribution is 2.32. The van der Waals surface area contributed by atoms with Gasteiger partial charge in [0, 0.05) is 7.11 Å². The zero-order valence-corrected chi connectivity index (χ0v) is 15.0. The Morgan fingerprint density at radius 2 is 1.91 bits per heavy atom. The van der Waals surface area contributed by atoms with Crippen LogP contribution in [0, 0.1) is 0 Å². The SMILES string of the molecule is COCCN1C(=O)C(=Cc2ccc(C(C)(C)C)cc2)SC1=S. The summed E-state index contributed by atoms with van der Waals surface area (Å²) < 4.78 is 5.61. The fraction of sp³-hybridized carbons (Fsp3) is 0.412. The maximum absolute atomic E-state index is 12.3. The van der Waals surface area contributed by atoms with Gasteiger partial charge in [0.1, 0.15) is 4.32 Å². The van der Waals surface area contributed by atoms with Crippen LogP contribution in [0.1, 0.15) is 31.9 Å². The predicted octanol–water partition coefficient (Wildman–Crippen LogP) is 3.83. The lowest BCUT2D eigenvalue weighted by molar-refractivity contribution is -0.122. The Balaban J connectivity index is 2.16. The first-order valence-corrected chi connectivity index (χ1v) is 8.40. The number of hydrogen-bond acceptors (Lipinski definition) is 4. The first-order chi connectivity index (χ1) is 10.3. The van der Waals surface area contributed by atoms with Gasteiger partial charge in [0.05, 0.1) is 18.1 Å². The monoisotopic (exact) mass is 335 g/mol. The van der Waals surface area contributed by atoms with Gasteiger partial charge in [0.25, 0.3) is 5.91 Å². The molecule has 0 radical (unpaired) electrons. The number of thioether (sulfide) groups is 1. The largest absolute Gasteiger partial charge is 0.383 e. The first kappa shape index (κ1) is 17.2. The summed E-state index contributed by atoms with van der Waals surface area (Å²) in [6, 6.07) is 8.31. The highest BCUT2D eigenvalue weighted by Gasteiger charge is 2.31. The molecule has 1 fully saturated rings. The second-order valence-electron chi connectivity index (χ2n) is 6.20. The van der Waals surface area contributed by atoms with Crippen LogP contribution in [0.2, 0.25) is 0 Å². The van der Waals surface area contributed by atoms with E-state index in [0.29, 0.717) is 22.4 Å². The van der Waals surface area contributed by atoms with Crippen LogP contribution in [0.5, 0.6) is 0 Å². The van der Waals surface area contributed by atoms with Crippen molar-refractivity contribution in [1.29, 1.82) is 0 Å². The van der Waals surface area contributed by atoms with Gasteiger partial charge in [0.15, 0.2) is 0 Å². The lowest BCUT2D eigenvalue weighted by Gasteiger charge is -2.18. The maximum atomic E-state index is 12.3. The van der Waals surface area contributed by atoms with Gasteiger partial charge in [-0.05, 0) is 22.6 Å². The molecule has 1 amide bonds. The minimum Gasteiger partial charge on any atom is -0.383 e. The lowest BCUT2D eigenvalue weighted by Crippen LogP contribution is -2.31. The van der Waals surface area contributed by atoms with Gasteiger partial charge >= 0.3 is 0 Å². The van der Waals surface area contributed by atoms with Gasteiger partial charge < -0.3 is 4.74 Å². The molecule has 22 heavy (non-hydrogen) atoms. The minimum atomic E-state index is -0.0352. The van der Waals surface area contributed by atoms with Crippen LogP contribution >= 0.6 is 24.0 Å². The second-order valence-corrected chi connectivity index (χ2v) is 7.87. The zero-order valence-electron chi connectivity index (χ0n) is 13.4. The van der Waals surface area contributed by atoms with Crippen molar-refractivity contribution in [3.63, 3.8) is 0 Å². The molecule has 118 valence electrons. The van der Waals surface area contributed by atoms with E-state index in [4.69, 9.17) is 17.0 Å². The van der Waals surface area contributed by atoms with Gasteiger partial charge in [-0.3, -0.25) is 9.69 Å². The normalized spacial score (nSPS) is 17.6. The van der Waals surface area contributed by atoms with Crippen molar-refractivity contribution in [3.8, 4) is 0 Å². The molecule has 1 aliphatic rings. The van der Waals surface area contributed by atoms with Crippen LogP contribution in [0.25, 0.3) is 6.08 Å². The van der Waals surface area contributed by atoms with Crippen LogP contribution in [0.4, 0.5) is 0 Å². The molecular weight excluding hydrogens is 314 g/mol. The Morgan fingerprint density at radius 1 is 1.27 bits per heavy atom. The standard InChI is InChI=1S/C17H21NO2S2/c1-17(2,3)13-7-5-12(6-8-13)11-14-15(19)18(9-10-20-4)16(21)22-14/h5-8,11H,9-10H2,1-4H3. The van der Waals surface area contributed by atoms with Crippen molar-refractivity contribution in [2.75, 3.05) is 20.3 Å². The summed E-state index contributed by atoms with van der Waals surface area (Å²) in [5.41, 5.74) is 2.42. The van der Waals surface area contributed by atoms with E-state index in [9.17, 15) is 4.79 Å². The van der Waals surface area contributed by atoms with Crippen molar-refractivity contribution < 1.29 is 9.53 Å². The first-order valence-electron chi connectivity index (χ1n) is 7.18. The summed E-state index contributed by atoms with van der Waals surface area (Å²) in [4.78, 5) is 14.6. The number of nitrogens with zero attached hydrogens (tertiary/aromatic N) is 1. The average Bonchev–Trinajstić information content (AvgIpc) is 2.71. The van der Waals surface area contributed by atoms with Crippen LogP contribution in [0.3, 0.4) is 0 Å². The third kappa shape index (κ3) is 3.97. The Morgan fingerprint density at radius 3 is 2.45 bits per heavy atom. The van der Waals surface area contributed by atoms with Crippen LogP contribution in [-0.4, -0.2) is 35.4 Å². The summed E-state index contributed by atoms with van der Waals surface area (Å²) in [6.07, 6.45) is 1.90. The van der Waals surface area contributed by atoms with Crippen molar-refractivity contribution in [1.82, 2.24) is 4.90 Å². The topological polar surface area (TPSA) is 29.5 Å². The molecule has 0 spiro atoms. The molecule has 0 bridgehead atoms. The zero-order chi connectivity index (χ0) is 16.3. The second kappa shape index (κ2) is 6.94. The molecule has 0 saturated carbocycles. The van der Waals surface area contributed by atoms with Crippen molar-refractivity contribution in [2.45, 2.75) is 26.2 Å². The molecular formula is C17H21NO2S2. The Labute approximate surface area is 141 Å². The van der Waals surface area contributed by atoms with E-state index in [0.717, 1.165) is 5.56 Å². The lowest BCUT2D eigenvalue weighted by atomic mass is 9.87. The molecule has 1 aliphatic heterocycles. The number of rotatable bonds is 4. The Bertz CT molecular complexity index is 600. The van der Waals surface area contributed by atoms with Crippen molar-refractivity contribution >= 4 is 40.3 Å². The van der Waals surface area contributed by atoms with Crippen LogP contribution in [-0.2, 0) is 14.9 Å². The van der Waals surface area contributed by atoms with Crippen LogP contribution < -0.4 is 0 Å². The number of carbonyl (C=O) groups is 1. The van der Waals surface area contributed by atoms with Crippen molar-refractivity contribution in [2.24, 2.45) is 0 Å². The Hall–Kier alpha value is -1.17. The summed E-state index contributed by atoms with van der Waals surface area (Å²) in [7, 11) is 1.62. The minimum absolute atomic E-state index is 0.0352. The maximum Gasteiger partial charge on any atom is 0.266 e. The van der Waals surface area contributed by atoms with Gasteiger partial charge in [-0.25, -0.2) is 0 Å². The number of ether oxygens (including phenoxy) is 1. The average molecular weight is 335 g/mol. The number of benzene rings is 1. The molecule has 0 N–H and O–H groups in total. The molecule has 1 aromatic carbocycles. The molecule has 1 heterocycles. The Kier molecular flexibility index (Phi) is 5.42. The molecule has 3 nitrogen and oxygen atoms in total. The highest BCUT2D eigenvalue weighted by atomic mass is 32.2. The van der Waals surface area contributed by atoms with E-state index in [-0.39, 0.29) is 11.3 Å².